The van der Waals surface area contributed by atoms with E-state index in [9.17, 15) is 22.7 Å². The van der Waals surface area contributed by atoms with Gasteiger partial charge < -0.3 is 19.9 Å². The maximum atomic E-state index is 13.2. The quantitative estimate of drug-likeness (QED) is 0.384. The van der Waals surface area contributed by atoms with Gasteiger partial charge in [0.15, 0.2) is 0 Å². The van der Waals surface area contributed by atoms with Crippen LogP contribution in [0, 0.1) is 5.82 Å². The second-order valence-electron chi connectivity index (χ2n) is 9.32. The lowest BCUT2D eigenvalue weighted by atomic mass is 9.84. The van der Waals surface area contributed by atoms with Gasteiger partial charge in [0.25, 0.3) is 10.0 Å². The first kappa shape index (κ1) is 26.4. The molecule has 0 bridgehead atoms. The Morgan fingerprint density at radius 3 is 2.53 bits per heavy atom. The van der Waals surface area contributed by atoms with Crippen molar-refractivity contribution in [1.29, 1.82) is 0 Å². The highest BCUT2D eigenvalue weighted by atomic mass is 35.5. The van der Waals surface area contributed by atoms with Gasteiger partial charge in [-0.3, -0.25) is 9.52 Å². The summed E-state index contributed by atoms with van der Waals surface area (Å²) in [5.74, 6) is -0.365. The van der Waals surface area contributed by atoms with Gasteiger partial charge in [-0.05, 0) is 66.6 Å². The molecule has 2 aliphatic rings. The fourth-order valence-electron chi connectivity index (χ4n) is 4.86. The summed E-state index contributed by atoms with van der Waals surface area (Å²) in [6.45, 7) is 0.0593. The number of aliphatic hydroxyl groups is 1. The first-order chi connectivity index (χ1) is 18.2. The second-order valence-corrected chi connectivity index (χ2v) is 11.4. The predicted octanol–water partition coefficient (Wildman–Crippen LogP) is 3.98. The molecule has 0 aromatic heterocycles. The van der Waals surface area contributed by atoms with Gasteiger partial charge in [0.1, 0.15) is 23.8 Å². The summed E-state index contributed by atoms with van der Waals surface area (Å²) < 4.78 is 53.4. The van der Waals surface area contributed by atoms with Crippen LogP contribution in [0.15, 0.2) is 71.6 Å². The van der Waals surface area contributed by atoms with Crippen molar-refractivity contribution in [3.8, 4) is 5.75 Å². The zero-order chi connectivity index (χ0) is 26.9. The standard InChI is InChI=1S/C27H26ClFN2O6S/c28-17-3-1-16(2-4-17)14-30-26(33)13-20-12-23-22-11-19(7-10-24(22)37-27(23)25(15-32)36-20)31-38(34,35)21-8-5-18(29)6-9-21/h1-11,20,23,25,27,31-32H,12-15H2,(H,30,33)/t20-,23-,25+,27+/m1/s1. The van der Waals surface area contributed by atoms with Gasteiger partial charge in [0, 0.05) is 28.7 Å². The van der Waals surface area contributed by atoms with E-state index in [1.54, 1.807) is 30.3 Å². The minimum absolute atomic E-state index is 0.0652. The zero-order valence-electron chi connectivity index (χ0n) is 20.1. The highest BCUT2D eigenvalue weighted by molar-refractivity contribution is 7.92. The number of anilines is 1. The lowest BCUT2D eigenvalue weighted by Crippen LogP contribution is -2.47. The lowest BCUT2D eigenvalue weighted by molar-refractivity contribution is -0.142. The first-order valence-corrected chi connectivity index (χ1v) is 13.9. The van der Waals surface area contributed by atoms with Gasteiger partial charge in [0.2, 0.25) is 5.91 Å². The monoisotopic (exact) mass is 560 g/mol. The molecular formula is C27H26ClFN2O6S. The van der Waals surface area contributed by atoms with Crippen molar-refractivity contribution in [3.63, 3.8) is 0 Å². The Hall–Kier alpha value is -3.18. The number of rotatable bonds is 8. The number of nitrogens with one attached hydrogen (secondary N) is 2. The van der Waals surface area contributed by atoms with Crippen molar-refractivity contribution in [2.75, 3.05) is 11.3 Å². The number of amides is 1. The fraction of sp³-hybridized carbons (Fsp3) is 0.296. The molecule has 1 amide bonds. The first-order valence-electron chi connectivity index (χ1n) is 12.1. The number of sulfonamides is 1. The van der Waals surface area contributed by atoms with E-state index in [0.29, 0.717) is 29.4 Å². The molecule has 0 radical (unpaired) electrons. The van der Waals surface area contributed by atoms with Gasteiger partial charge in [-0.2, -0.15) is 0 Å². The Bertz CT molecular complexity index is 1420. The molecule has 3 aromatic carbocycles. The van der Waals surface area contributed by atoms with Crippen molar-refractivity contribution < 1.29 is 32.2 Å². The van der Waals surface area contributed by atoms with E-state index in [2.05, 4.69) is 10.0 Å². The van der Waals surface area contributed by atoms with E-state index in [4.69, 9.17) is 21.1 Å². The number of halogens is 2. The van der Waals surface area contributed by atoms with Crippen molar-refractivity contribution in [2.45, 2.75) is 48.5 Å². The molecule has 8 nitrogen and oxygen atoms in total. The highest BCUT2D eigenvalue weighted by Gasteiger charge is 2.46. The summed E-state index contributed by atoms with van der Waals surface area (Å²) in [6.07, 6.45) is -1.02. The number of hydrogen-bond acceptors (Lipinski definition) is 6. The molecule has 0 saturated carbocycles. The van der Waals surface area contributed by atoms with Crippen LogP contribution in [0.1, 0.15) is 29.9 Å². The largest absolute Gasteiger partial charge is 0.487 e. The van der Waals surface area contributed by atoms with E-state index < -0.39 is 34.2 Å². The van der Waals surface area contributed by atoms with Crippen LogP contribution in [0.2, 0.25) is 5.02 Å². The normalized spacial score (nSPS) is 22.2. The van der Waals surface area contributed by atoms with E-state index in [1.165, 1.54) is 12.1 Å². The van der Waals surface area contributed by atoms with E-state index in [1.807, 2.05) is 12.1 Å². The Kier molecular flexibility index (Phi) is 7.58. The number of aliphatic hydroxyl groups excluding tert-OH is 1. The summed E-state index contributed by atoms with van der Waals surface area (Å²) >= 11 is 5.90. The number of carbonyl (C=O) groups excluding carboxylic acids is 1. The van der Waals surface area contributed by atoms with E-state index >= 15 is 0 Å². The van der Waals surface area contributed by atoms with E-state index in [-0.39, 0.29) is 29.7 Å². The molecule has 11 heteroatoms. The minimum atomic E-state index is -3.93. The molecular weight excluding hydrogens is 535 g/mol. The topological polar surface area (TPSA) is 114 Å². The smallest absolute Gasteiger partial charge is 0.261 e. The molecule has 2 heterocycles. The van der Waals surface area contributed by atoms with Crippen molar-refractivity contribution >= 4 is 33.2 Å². The number of benzene rings is 3. The summed E-state index contributed by atoms with van der Waals surface area (Å²) in [5, 5.41) is 13.5. The lowest BCUT2D eigenvalue weighted by Gasteiger charge is -2.37. The molecule has 3 N–H and O–H groups in total. The average molecular weight is 561 g/mol. The molecule has 38 heavy (non-hydrogen) atoms. The third kappa shape index (κ3) is 5.78. The average Bonchev–Trinajstić information content (AvgIpc) is 3.26. The second kappa shape index (κ2) is 10.9. The maximum Gasteiger partial charge on any atom is 0.261 e. The van der Waals surface area contributed by atoms with Gasteiger partial charge >= 0.3 is 0 Å². The third-order valence-corrected chi connectivity index (χ3v) is 8.34. The number of fused-ring (bicyclic) bond motifs is 3. The molecule has 4 atom stereocenters. The fourth-order valence-corrected chi connectivity index (χ4v) is 6.04. The molecule has 3 aromatic rings. The SMILES string of the molecule is O=C(C[C@H]1C[C@@H]2c3cc(NS(=O)(=O)c4ccc(F)cc4)ccc3O[C@@H]2[C@H](CO)O1)NCc1ccc(Cl)cc1. The Morgan fingerprint density at radius 1 is 1.08 bits per heavy atom. The maximum absolute atomic E-state index is 13.2. The summed E-state index contributed by atoms with van der Waals surface area (Å²) in [4.78, 5) is 12.6. The van der Waals surface area contributed by atoms with Crippen molar-refractivity contribution in [3.05, 3.63) is 88.7 Å². The number of carbonyl (C=O) groups is 1. The molecule has 5 rings (SSSR count). The van der Waals surface area contributed by atoms with Gasteiger partial charge in [-0.25, -0.2) is 12.8 Å². The van der Waals surface area contributed by atoms with Crippen LogP contribution >= 0.6 is 11.6 Å². The molecule has 0 unspecified atom stereocenters. The van der Waals surface area contributed by atoms with Crippen molar-refractivity contribution in [2.24, 2.45) is 0 Å². The molecule has 1 fully saturated rings. The van der Waals surface area contributed by atoms with Crippen molar-refractivity contribution in [1.82, 2.24) is 5.32 Å². The zero-order valence-corrected chi connectivity index (χ0v) is 21.7. The number of ether oxygens (including phenoxy) is 2. The summed E-state index contributed by atoms with van der Waals surface area (Å²) in [6, 6.07) is 16.7. The van der Waals surface area contributed by atoms with Crippen LogP contribution in [0.4, 0.5) is 10.1 Å². The predicted molar refractivity (Wildman–Crippen MR) is 139 cm³/mol. The van der Waals surface area contributed by atoms with Crippen LogP contribution in [0.5, 0.6) is 5.75 Å². The molecule has 0 aliphatic carbocycles. The number of hydrogen-bond donors (Lipinski definition) is 3. The Morgan fingerprint density at radius 2 is 1.82 bits per heavy atom. The highest BCUT2D eigenvalue weighted by Crippen LogP contribution is 2.47. The Balaban J connectivity index is 1.28. The third-order valence-electron chi connectivity index (χ3n) is 6.69. The van der Waals surface area contributed by atoms with Crippen LogP contribution in [0.25, 0.3) is 0 Å². The van der Waals surface area contributed by atoms with Crippen LogP contribution in [-0.4, -0.2) is 44.4 Å². The summed E-state index contributed by atoms with van der Waals surface area (Å²) in [7, 11) is -3.93. The molecule has 200 valence electrons. The summed E-state index contributed by atoms with van der Waals surface area (Å²) in [5.41, 5.74) is 2.00. The molecule has 2 aliphatic heterocycles. The van der Waals surface area contributed by atoms with Gasteiger partial charge in [-0.1, -0.05) is 23.7 Å². The van der Waals surface area contributed by atoms with Crippen LogP contribution in [0.3, 0.4) is 0 Å². The molecule has 0 spiro atoms. The van der Waals surface area contributed by atoms with Gasteiger partial charge in [-0.15, -0.1) is 0 Å². The van der Waals surface area contributed by atoms with E-state index in [0.717, 1.165) is 23.3 Å². The van der Waals surface area contributed by atoms with Gasteiger partial charge in [0.05, 0.1) is 24.0 Å². The van der Waals surface area contributed by atoms with Crippen LogP contribution < -0.4 is 14.8 Å². The Labute approximate surface area is 224 Å². The minimum Gasteiger partial charge on any atom is -0.487 e. The molecule has 1 saturated heterocycles. The van der Waals surface area contributed by atoms with Crippen LogP contribution in [-0.2, 0) is 26.1 Å².